The SMILES string of the molecule is Cc1c(NCC2CC3C=CC2C3)cccc1S(N)(=O)=O. The number of nitrogens with two attached hydrogens (primary N) is 1. The second kappa shape index (κ2) is 4.90. The fourth-order valence-electron chi connectivity index (χ4n) is 3.48. The summed E-state index contributed by atoms with van der Waals surface area (Å²) in [5, 5.41) is 8.63. The number of allylic oxidation sites excluding steroid dienone is 2. The number of primary sulfonamides is 1. The van der Waals surface area contributed by atoms with E-state index < -0.39 is 10.0 Å². The first kappa shape index (κ1) is 13.6. The second-order valence-electron chi connectivity index (χ2n) is 5.89. The van der Waals surface area contributed by atoms with Gasteiger partial charge in [0.15, 0.2) is 0 Å². The van der Waals surface area contributed by atoms with Crippen molar-refractivity contribution in [3.8, 4) is 0 Å². The van der Waals surface area contributed by atoms with Crippen molar-refractivity contribution in [2.45, 2.75) is 24.7 Å². The van der Waals surface area contributed by atoms with Gasteiger partial charge in [-0.2, -0.15) is 0 Å². The van der Waals surface area contributed by atoms with E-state index in [-0.39, 0.29) is 4.90 Å². The molecule has 1 aromatic rings. The Bertz CT molecular complexity index is 652. The number of benzene rings is 1. The molecule has 0 aromatic heterocycles. The Morgan fingerprint density at radius 3 is 2.70 bits per heavy atom. The normalized spacial score (nSPS) is 28.0. The molecule has 3 unspecified atom stereocenters. The van der Waals surface area contributed by atoms with Crippen LogP contribution in [-0.2, 0) is 10.0 Å². The van der Waals surface area contributed by atoms with Crippen molar-refractivity contribution in [2.75, 3.05) is 11.9 Å². The molecule has 2 aliphatic carbocycles. The molecule has 3 atom stereocenters. The monoisotopic (exact) mass is 292 g/mol. The highest BCUT2D eigenvalue weighted by Gasteiger charge is 2.35. The molecule has 0 spiro atoms. The van der Waals surface area contributed by atoms with Crippen LogP contribution in [-0.4, -0.2) is 15.0 Å². The van der Waals surface area contributed by atoms with E-state index in [1.807, 2.05) is 6.07 Å². The molecule has 1 saturated carbocycles. The highest BCUT2D eigenvalue weighted by Crippen LogP contribution is 2.43. The summed E-state index contributed by atoms with van der Waals surface area (Å²) in [5.74, 6) is 2.10. The third-order valence-electron chi connectivity index (χ3n) is 4.56. The maximum Gasteiger partial charge on any atom is 0.238 e. The summed E-state index contributed by atoms with van der Waals surface area (Å²) < 4.78 is 23.0. The molecule has 3 N–H and O–H groups in total. The lowest BCUT2D eigenvalue weighted by Crippen LogP contribution is -2.19. The summed E-state index contributed by atoms with van der Waals surface area (Å²) in [4.78, 5) is 0.204. The Labute approximate surface area is 120 Å². The molecule has 1 fully saturated rings. The van der Waals surface area contributed by atoms with Crippen LogP contribution >= 0.6 is 0 Å². The fraction of sp³-hybridized carbons (Fsp3) is 0.467. The van der Waals surface area contributed by atoms with Gasteiger partial charge in [-0.05, 0) is 55.2 Å². The summed E-state index contributed by atoms with van der Waals surface area (Å²) in [7, 11) is -3.65. The molecular formula is C15H20N2O2S. The Balaban J connectivity index is 1.74. The molecule has 0 saturated heterocycles. The van der Waals surface area contributed by atoms with Crippen LogP contribution in [0.2, 0.25) is 0 Å². The van der Waals surface area contributed by atoms with Gasteiger partial charge < -0.3 is 5.32 Å². The lowest BCUT2D eigenvalue weighted by molar-refractivity contribution is 0.472. The Hall–Kier alpha value is -1.33. The number of nitrogens with one attached hydrogen (secondary N) is 1. The van der Waals surface area contributed by atoms with Gasteiger partial charge in [0.05, 0.1) is 4.90 Å². The molecule has 20 heavy (non-hydrogen) atoms. The number of sulfonamides is 1. The third-order valence-corrected chi connectivity index (χ3v) is 5.62. The fourth-order valence-corrected chi connectivity index (χ4v) is 4.29. The molecule has 1 aromatic carbocycles. The molecule has 4 nitrogen and oxygen atoms in total. The number of rotatable bonds is 4. The molecule has 0 heterocycles. The van der Waals surface area contributed by atoms with E-state index in [0.717, 1.165) is 18.2 Å². The first-order chi connectivity index (χ1) is 9.45. The van der Waals surface area contributed by atoms with Crippen molar-refractivity contribution in [1.82, 2.24) is 0 Å². The molecular weight excluding hydrogens is 272 g/mol. The largest absolute Gasteiger partial charge is 0.384 e. The smallest absolute Gasteiger partial charge is 0.238 e. The predicted octanol–water partition coefficient (Wildman–Crippen LogP) is 2.27. The average molecular weight is 292 g/mol. The Morgan fingerprint density at radius 2 is 2.10 bits per heavy atom. The highest BCUT2D eigenvalue weighted by molar-refractivity contribution is 7.89. The quantitative estimate of drug-likeness (QED) is 0.836. The summed E-state index contributed by atoms with van der Waals surface area (Å²) in [5.41, 5.74) is 1.57. The van der Waals surface area contributed by atoms with Crippen LogP contribution in [0.5, 0.6) is 0 Å². The van der Waals surface area contributed by atoms with E-state index in [4.69, 9.17) is 5.14 Å². The third kappa shape index (κ3) is 2.47. The van der Waals surface area contributed by atoms with Crippen molar-refractivity contribution >= 4 is 15.7 Å². The minimum atomic E-state index is -3.65. The van der Waals surface area contributed by atoms with Crippen molar-refractivity contribution in [1.29, 1.82) is 0 Å². The van der Waals surface area contributed by atoms with Crippen molar-refractivity contribution in [3.05, 3.63) is 35.9 Å². The standard InChI is InChI=1S/C15H20N2O2S/c1-10-14(3-2-4-15(10)20(16,18)19)17-9-13-8-11-5-6-12(13)7-11/h2-6,11-13,17H,7-9H2,1H3,(H2,16,18,19). The number of hydrogen-bond acceptors (Lipinski definition) is 3. The molecule has 3 rings (SSSR count). The van der Waals surface area contributed by atoms with Crippen molar-refractivity contribution in [2.24, 2.45) is 22.9 Å². The van der Waals surface area contributed by atoms with Gasteiger partial charge in [-0.25, -0.2) is 13.6 Å². The van der Waals surface area contributed by atoms with Gasteiger partial charge in [0.1, 0.15) is 0 Å². The van der Waals surface area contributed by atoms with Gasteiger partial charge in [0.2, 0.25) is 10.0 Å². The van der Waals surface area contributed by atoms with Crippen LogP contribution in [0.1, 0.15) is 18.4 Å². The van der Waals surface area contributed by atoms with Gasteiger partial charge in [-0.3, -0.25) is 0 Å². The zero-order chi connectivity index (χ0) is 14.3. The average Bonchev–Trinajstić information content (AvgIpc) is 2.98. The van der Waals surface area contributed by atoms with Crippen LogP contribution in [0.25, 0.3) is 0 Å². The molecule has 0 amide bonds. The van der Waals surface area contributed by atoms with Crippen molar-refractivity contribution < 1.29 is 8.42 Å². The molecule has 108 valence electrons. The van der Waals surface area contributed by atoms with Crippen LogP contribution in [0.3, 0.4) is 0 Å². The lowest BCUT2D eigenvalue weighted by Gasteiger charge is -2.20. The van der Waals surface area contributed by atoms with Crippen molar-refractivity contribution in [3.63, 3.8) is 0 Å². The summed E-state index contributed by atoms with van der Waals surface area (Å²) in [6.07, 6.45) is 7.17. The number of anilines is 1. The number of hydrogen-bond donors (Lipinski definition) is 2. The Kier molecular flexibility index (Phi) is 3.34. The number of fused-ring (bicyclic) bond motifs is 2. The maximum atomic E-state index is 11.5. The predicted molar refractivity (Wildman–Crippen MR) is 79.9 cm³/mol. The van der Waals surface area contributed by atoms with Gasteiger partial charge >= 0.3 is 0 Å². The molecule has 0 radical (unpaired) electrons. The minimum absolute atomic E-state index is 0.204. The van der Waals surface area contributed by atoms with Crippen LogP contribution in [0.4, 0.5) is 5.69 Å². The van der Waals surface area contributed by atoms with E-state index in [2.05, 4.69) is 17.5 Å². The van der Waals surface area contributed by atoms with Crippen LogP contribution < -0.4 is 10.5 Å². The topological polar surface area (TPSA) is 72.2 Å². The van der Waals surface area contributed by atoms with Gasteiger partial charge in [0, 0.05) is 12.2 Å². The molecule has 5 heteroatoms. The molecule has 2 aliphatic rings. The lowest BCUT2D eigenvalue weighted by atomic mass is 9.93. The maximum absolute atomic E-state index is 11.5. The first-order valence-corrected chi connectivity index (χ1v) is 8.54. The van der Waals surface area contributed by atoms with E-state index in [1.54, 1.807) is 19.1 Å². The van der Waals surface area contributed by atoms with E-state index in [1.165, 1.54) is 12.8 Å². The van der Waals surface area contributed by atoms with Gasteiger partial charge in [-0.15, -0.1) is 0 Å². The second-order valence-corrected chi connectivity index (χ2v) is 7.42. The zero-order valence-electron chi connectivity index (χ0n) is 11.5. The van der Waals surface area contributed by atoms with E-state index >= 15 is 0 Å². The minimum Gasteiger partial charge on any atom is -0.384 e. The van der Waals surface area contributed by atoms with Gasteiger partial charge in [0.25, 0.3) is 0 Å². The van der Waals surface area contributed by atoms with Crippen LogP contribution in [0.15, 0.2) is 35.2 Å². The van der Waals surface area contributed by atoms with E-state index in [0.29, 0.717) is 17.4 Å². The highest BCUT2D eigenvalue weighted by atomic mass is 32.2. The van der Waals surface area contributed by atoms with Gasteiger partial charge in [-0.1, -0.05) is 18.2 Å². The Morgan fingerprint density at radius 1 is 1.30 bits per heavy atom. The summed E-state index contributed by atoms with van der Waals surface area (Å²) in [6.45, 7) is 2.68. The van der Waals surface area contributed by atoms with E-state index in [9.17, 15) is 8.42 Å². The van der Waals surface area contributed by atoms with Crippen LogP contribution in [0, 0.1) is 24.7 Å². The first-order valence-electron chi connectivity index (χ1n) is 7.00. The molecule has 0 aliphatic heterocycles. The molecule has 2 bridgehead atoms. The summed E-state index contributed by atoms with van der Waals surface area (Å²) >= 11 is 0. The summed E-state index contributed by atoms with van der Waals surface area (Å²) in [6, 6.07) is 5.19. The zero-order valence-corrected chi connectivity index (χ0v) is 12.4.